The summed E-state index contributed by atoms with van der Waals surface area (Å²) in [5.41, 5.74) is 2.42. The molecule has 0 bridgehead atoms. The minimum absolute atomic E-state index is 0. The van der Waals surface area contributed by atoms with Gasteiger partial charge in [-0.3, -0.25) is 4.90 Å². The zero-order chi connectivity index (χ0) is 20.9. The standard InChI is InChI=1S/C23H40N4O2.HI/c1-5-24-23(25-16-20-9-7-8-10-21(20)18-28-6-2)26-17-22(15-19(3)4)27-11-13-29-14-12-27;/h7-10,19,22H,5-6,11-18H2,1-4H3,(H2,24,25,26);1H. The maximum atomic E-state index is 5.60. The van der Waals surface area contributed by atoms with Crippen LogP contribution in [0.2, 0.25) is 0 Å². The third-order valence-corrected chi connectivity index (χ3v) is 5.14. The van der Waals surface area contributed by atoms with Crippen LogP contribution in [0.25, 0.3) is 0 Å². The Kier molecular flexibility index (Phi) is 14.3. The van der Waals surface area contributed by atoms with Gasteiger partial charge < -0.3 is 20.1 Å². The molecule has 1 unspecified atom stereocenters. The second kappa shape index (κ2) is 15.8. The molecule has 0 aromatic heterocycles. The molecule has 30 heavy (non-hydrogen) atoms. The van der Waals surface area contributed by atoms with Crippen molar-refractivity contribution in [2.24, 2.45) is 10.9 Å². The van der Waals surface area contributed by atoms with Gasteiger partial charge >= 0.3 is 0 Å². The van der Waals surface area contributed by atoms with Crippen LogP contribution in [0.5, 0.6) is 0 Å². The lowest BCUT2D eigenvalue weighted by Gasteiger charge is -2.35. The van der Waals surface area contributed by atoms with Crippen molar-refractivity contribution in [2.45, 2.75) is 53.3 Å². The number of benzene rings is 1. The number of ether oxygens (including phenoxy) is 2. The van der Waals surface area contributed by atoms with E-state index in [4.69, 9.17) is 14.5 Å². The van der Waals surface area contributed by atoms with Gasteiger partial charge in [0.25, 0.3) is 0 Å². The summed E-state index contributed by atoms with van der Waals surface area (Å²) >= 11 is 0. The highest BCUT2D eigenvalue weighted by molar-refractivity contribution is 14.0. The summed E-state index contributed by atoms with van der Waals surface area (Å²) in [6.07, 6.45) is 1.17. The van der Waals surface area contributed by atoms with Crippen LogP contribution >= 0.6 is 24.0 Å². The molecule has 0 aliphatic carbocycles. The summed E-state index contributed by atoms with van der Waals surface area (Å²) in [4.78, 5) is 7.40. The smallest absolute Gasteiger partial charge is 0.191 e. The van der Waals surface area contributed by atoms with Crippen molar-refractivity contribution in [3.63, 3.8) is 0 Å². The minimum atomic E-state index is 0. The molecule has 0 saturated carbocycles. The van der Waals surface area contributed by atoms with Crippen LogP contribution in [0, 0.1) is 5.92 Å². The van der Waals surface area contributed by atoms with Gasteiger partial charge in [-0.25, -0.2) is 4.99 Å². The Morgan fingerprint density at radius 1 is 1.13 bits per heavy atom. The van der Waals surface area contributed by atoms with Crippen molar-refractivity contribution >= 4 is 29.9 Å². The predicted octanol–water partition coefficient (Wildman–Crippen LogP) is 3.64. The molecule has 0 radical (unpaired) electrons. The van der Waals surface area contributed by atoms with Crippen LogP contribution < -0.4 is 10.6 Å². The fourth-order valence-corrected chi connectivity index (χ4v) is 3.63. The van der Waals surface area contributed by atoms with Gasteiger partial charge in [-0.05, 0) is 37.3 Å². The van der Waals surface area contributed by atoms with Crippen molar-refractivity contribution < 1.29 is 9.47 Å². The van der Waals surface area contributed by atoms with Crippen molar-refractivity contribution in [3.05, 3.63) is 35.4 Å². The summed E-state index contributed by atoms with van der Waals surface area (Å²) < 4.78 is 11.1. The lowest BCUT2D eigenvalue weighted by molar-refractivity contribution is 0.0132. The number of hydrogen-bond acceptors (Lipinski definition) is 4. The van der Waals surface area contributed by atoms with Crippen LogP contribution in [-0.4, -0.2) is 62.9 Å². The number of guanidine groups is 1. The summed E-state index contributed by atoms with van der Waals surface area (Å²) in [6.45, 7) is 16.1. The first-order chi connectivity index (χ1) is 14.1. The van der Waals surface area contributed by atoms with Crippen LogP contribution in [0.3, 0.4) is 0 Å². The summed E-state index contributed by atoms with van der Waals surface area (Å²) in [5, 5.41) is 6.97. The van der Waals surface area contributed by atoms with E-state index in [0.717, 1.165) is 52.0 Å². The molecule has 1 aromatic rings. The molecule has 6 nitrogen and oxygen atoms in total. The predicted molar refractivity (Wildman–Crippen MR) is 136 cm³/mol. The first-order valence-electron chi connectivity index (χ1n) is 11.1. The van der Waals surface area contributed by atoms with Gasteiger partial charge in [0.1, 0.15) is 0 Å². The Hall–Kier alpha value is -0.900. The third-order valence-electron chi connectivity index (χ3n) is 5.14. The van der Waals surface area contributed by atoms with Crippen molar-refractivity contribution in [2.75, 3.05) is 46.0 Å². The van der Waals surface area contributed by atoms with Crippen molar-refractivity contribution in [1.82, 2.24) is 15.5 Å². The second-order valence-corrected chi connectivity index (χ2v) is 7.91. The number of morpholine rings is 1. The van der Waals surface area contributed by atoms with E-state index in [9.17, 15) is 0 Å². The summed E-state index contributed by atoms with van der Waals surface area (Å²) in [6, 6.07) is 8.88. The highest BCUT2D eigenvalue weighted by atomic mass is 127. The fraction of sp³-hybridized carbons (Fsp3) is 0.696. The van der Waals surface area contributed by atoms with E-state index < -0.39 is 0 Å². The quantitative estimate of drug-likeness (QED) is 0.259. The average molecular weight is 533 g/mol. The number of halogens is 1. The lowest BCUT2D eigenvalue weighted by atomic mass is 10.0. The van der Waals surface area contributed by atoms with E-state index in [-0.39, 0.29) is 24.0 Å². The van der Waals surface area contributed by atoms with Crippen LogP contribution in [0.1, 0.15) is 45.2 Å². The van der Waals surface area contributed by atoms with Gasteiger partial charge in [-0.1, -0.05) is 38.1 Å². The zero-order valence-corrected chi connectivity index (χ0v) is 21.5. The van der Waals surface area contributed by atoms with Gasteiger partial charge in [0.05, 0.1) is 26.4 Å². The Balaban J connectivity index is 0.00000450. The molecule has 1 heterocycles. The largest absolute Gasteiger partial charge is 0.379 e. The van der Waals surface area contributed by atoms with Crippen molar-refractivity contribution in [1.29, 1.82) is 0 Å². The monoisotopic (exact) mass is 532 g/mol. The first-order valence-corrected chi connectivity index (χ1v) is 11.1. The lowest BCUT2D eigenvalue weighted by Crippen LogP contribution is -2.51. The Morgan fingerprint density at radius 3 is 2.47 bits per heavy atom. The Labute approximate surface area is 200 Å². The molecule has 1 aliphatic heterocycles. The first kappa shape index (κ1) is 27.1. The molecule has 172 valence electrons. The molecular weight excluding hydrogens is 491 g/mol. The number of aliphatic imine (C=N–C) groups is 1. The molecule has 1 atom stereocenters. The van der Waals surface area contributed by atoms with E-state index in [2.05, 4.69) is 60.6 Å². The third kappa shape index (κ3) is 9.94. The van der Waals surface area contributed by atoms with Gasteiger partial charge in [0, 0.05) is 38.8 Å². The normalized spacial score (nSPS) is 16.2. The molecule has 7 heteroatoms. The van der Waals surface area contributed by atoms with Gasteiger partial charge in [0.2, 0.25) is 0 Å². The SMILES string of the molecule is CCNC(=NCc1ccccc1COCC)NCC(CC(C)C)N1CCOCC1.I. The summed E-state index contributed by atoms with van der Waals surface area (Å²) in [7, 11) is 0. The molecular formula is C23H41IN4O2. The van der Waals surface area contributed by atoms with Crippen LogP contribution in [-0.2, 0) is 22.6 Å². The van der Waals surface area contributed by atoms with Crippen LogP contribution in [0.15, 0.2) is 29.3 Å². The molecule has 2 N–H and O–H groups in total. The maximum absolute atomic E-state index is 5.60. The molecule has 1 aliphatic rings. The molecule has 0 amide bonds. The number of hydrogen-bond donors (Lipinski definition) is 2. The molecule has 1 fully saturated rings. The molecule has 1 saturated heterocycles. The minimum Gasteiger partial charge on any atom is -0.379 e. The topological polar surface area (TPSA) is 58.1 Å². The Bertz CT molecular complexity index is 607. The fourth-order valence-electron chi connectivity index (χ4n) is 3.63. The van der Waals surface area contributed by atoms with E-state index >= 15 is 0 Å². The number of nitrogens with zero attached hydrogens (tertiary/aromatic N) is 2. The number of rotatable bonds is 11. The number of nitrogens with one attached hydrogen (secondary N) is 2. The maximum Gasteiger partial charge on any atom is 0.191 e. The van der Waals surface area contributed by atoms with Crippen molar-refractivity contribution in [3.8, 4) is 0 Å². The summed E-state index contributed by atoms with van der Waals surface area (Å²) in [5.74, 6) is 1.54. The van der Waals surface area contributed by atoms with Crippen LogP contribution in [0.4, 0.5) is 0 Å². The highest BCUT2D eigenvalue weighted by Crippen LogP contribution is 2.14. The van der Waals surface area contributed by atoms with E-state index in [1.54, 1.807) is 0 Å². The Morgan fingerprint density at radius 2 is 1.83 bits per heavy atom. The molecule has 2 rings (SSSR count). The molecule has 0 spiro atoms. The van der Waals surface area contributed by atoms with E-state index in [1.165, 1.54) is 17.5 Å². The van der Waals surface area contributed by atoms with Gasteiger partial charge in [-0.15, -0.1) is 24.0 Å². The second-order valence-electron chi connectivity index (χ2n) is 7.91. The van der Waals surface area contributed by atoms with Gasteiger partial charge in [-0.2, -0.15) is 0 Å². The molecule has 1 aromatic carbocycles. The van der Waals surface area contributed by atoms with Gasteiger partial charge in [0.15, 0.2) is 5.96 Å². The highest BCUT2D eigenvalue weighted by Gasteiger charge is 2.22. The zero-order valence-electron chi connectivity index (χ0n) is 19.2. The van der Waals surface area contributed by atoms with E-state index in [1.807, 2.05) is 6.92 Å². The van der Waals surface area contributed by atoms with E-state index in [0.29, 0.717) is 25.1 Å². The average Bonchev–Trinajstić information content (AvgIpc) is 2.74.